The van der Waals surface area contributed by atoms with Gasteiger partial charge in [0.1, 0.15) is 12.2 Å². The Labute approximate surface area is 243 Å². The predicted molar refractivity (Wildman–Crippen MR) is 155 cm³/mol. The molecule has 0 spiro atoms. The third-order valence-electron chi connectivity index (χ3n) is 6.10. The van der Waals surface area contributed by atoms with Crippen LogP contribution >= 0.6 is 60.4 Å². The monoisotopic (exact) mass is 603 g/mol. The van der Waals surface area contributed by atoms with E-state index in [1.54, 1.807) is 0 Å². The van der Waals surface area contributed by atoms with Crippen molar-refractivity contribution in [3.63, 3.8) is 0 Å². The van der Waals surface area contributed by atoms with Gasteiger partial charge in [-0.25, -0.2) is 0 Å². The van der Waals surface area contributed by atoms with Crippen LogP contribution in [0.5, 0.6) is 0 Å². The molecule has 4 atom stereocenters. The molecule has 1 fully saturated rings. The fraction of sp³-hybridized carbons (Fsp3) is 0.520. The van der Waals surface area contributed by atoms with E-state index in [-0.39, 0.29) is 56.0 Å². The molecule has 0 radical (unpaired) electrons. The highest BCUT2D eigenvalue weighted by molar-refractivity contribution is 6.30. The smallest absolute Gasteiger partial charge is 0.109 e. The molecule has 6 nitrogen and oxygen atoms in total. The van der Waals surface area contributed by atoms with E-state index in [1.165, 1.54) is 0 Å². The number of likely N-dealkylation sites (N-methyl/N-ethyl adjacent to an activating group) is 2. The minimum absolute atomic E-state index is 0. The minimum Gasteiger partial charge on any atom is -0.394 e. The molecule has 2 aromatic carbocycles. The molecule has 0 saturated carbocycles. The van der Waals surface area contributed by atoms with Crippen LogP contribution in [-0.2, 0) is 17.8 Å². The molecular formula is C25H38Cl5N3O3. The summed E-state index contributed by atoms with van der Waals surface area (Å²) in [6, 6.07) is 15.5. The number of nitrogens with zero attached hydrogens (tertiary/aromatic N) is 3. The zero-order valence-electron chi connectivity index (χ0n) is 20.8. The maximum absolute atomic E-state index is 10.9. The molecule has 0 bridgehead atoms. The van der Waals surface area contributed by atoms with Crippen LogP contribution in [0.4, 0.5) is 0 Å². The fourth-order valence-corrected chi connectivity index (χ4v) is 4.70. The molecule has 206 valence electrons. The summed E-state index contributed by atoms with van der Waals surface area (Å²) in [5.41, 5.74) is 2.24. The second kappa shape index (κ2) is 17.3. The molecule has 1 aliphatic heterocycles. The third kappa shape index (κ3) is 10.4. The zero-order chi connectivity index (χ0) is 24.0. The molecule has 0 amide bonds. The maximum atomic E-state index is 10.9. The predicted octanol–water partition coefficient (Wildman–Crippen LogP) is 4.24. The number of rotatable bonds is 11. The van der Waals surface area contributed by atoms with Gasteiger partial charge < -0.3 is 19.8 Å². The van der Waals surface area contributed by atoms with Crippen molar-refractivity contribution in [3.8, 4) is 0 Å². The zero-order valence-corrected chi connectivity index (χ0v) is 24.8. The molecule has 3 rings (SSSR count). The van der Waals surface area contributed by atoms with Gasteiger partial charge in [-0.3, -0.25) is 9.80 Å². The van der Waals surface area contributed by atoms with Crippen molar-refractivity contribution in [2.45, 2.75) is 37.4 Å². The Morgan fingerprint density at radius 1 is 0.833 bits per heavy atom. The van der Waals surface area contributed by atoms with E-state index < -0.39 is 12.2 Å². The number of aliphatic hydroxyl groups is 2. The first kappa shape index (κ1) is 35.6. The van der Waals surface area contributed by atoms with Crippen LogP contribution in [0, 0.1) is 0 Å². The Morgan fingerprint density at radius 3 is 2.06 bits per heavy atom. The Hall–Kier alpha value is -0.350. The molecule has 0 aromatic heterocycles. The number of halogens is 5. The van der Waals surface area contributed by atoms with Crippen LogP contribution in [0.15, 0.2) is 48.5 Å². The summed E-state index contributed by atoms with van der Waals surface area (Å²) < 4.78 is 6.17. The molecule has 11 heteroatoms. The first-order chi connectivity index (χ1) is 15.8. The van der Waals surface area contributed by atoms with Crippen LogP contribution in [0.2, 0.25) is 10.0 Å². The number of hydrogen-bond acceptors (Lipinski definition) is 6. The Morgan fingerprint density at radius 2 is 1.47 bits per heavy atom. The Bertz CT molecular complexity index is 878. The SMILES string of the molecule is CN(C)CCN(C)[C@@H]1[C@H](O)[C@H](CO)O[C@@H]1CN(Cc1ccc(Cl)cc1)Cc1cccc(Cl)c1.Cl.Cl.Cl. The van der Waals surface area contributed by atoms with Gasteiger partial charge in [0.2, 0.25) is 0 Å². The highest BCUT2D eigenvalue weighted by atomic mass is 35.5. The highest BCUT2D eigenvalue weighted by Crippen LogP contribution is 2.27. The van der Waals surface area contributed by atoms with Crippen LogP contribution in [0.25, 0.3) is 0 Å². The quantitative estimate of drug-likeness (QED) is 0.400. The molecule has 1 heterocycles. The van der Waals surface area contributed by atoms with Crippen LogP contribution in [0.1, 0.15) is 11.1 Å². The van der Waals surface area contributed by atoms with Crippen molar-refractivity contribution in [2.24, 2.45) is 0 Å². The van der Waals surface area contributed by atoms with Gasteiger partial charge in [-0.05, 0) is 56.5 Å². The molecule has 0 aliphatic carbocycles. The van der Waals surface area contributed by atoms with Gasteiger partial charge in [-0.15, -0.1) is 37.2 Å². The lowest BCUT2D eigenvalue weighted by molar-refractivity contribution is -0.0323. The lowest BCUT2D eigenvalue weighted by Crippen LogP contribution is -2.51. The maximum Gasteiger partial charge on any atom is 0.109 e. The van der Waals surface area contributed by atoms with E-state index >= 15 is 0 Å². The third-order valence-corrected chi connectivity index (χ3v) is 6.59. The molecule has 1 saturated heterocycles. The number of hydrogen-bond donors (Lipinski definition) is 2. The first-order valence-corrected chi connectivity index (χ1v) is 12.0. The van der Waals surface area contributed by atoms with Crippen molar-refractivity contribution >= 4 is 60.4 Å². The van der Waals surface area contributed by atoms with Crippen LogP contribution in [-0.4, -0.2) is 96.7 Å². The van der Waals surface area contributed by atoms with Crippen molar-refractivity contribution in [1.82, 2.24) is 14.7 Å². The van der Waals surface area contributed by atoms with E-state index in [4.69, 9.17) is 27.9 Å². The number of benzene rings is 2. The average molecular weight is 606 g/mol. The summed E-state index contributed by atoms with van der Waals surface area (Å²) in [4.78, 5) is 6.55. The summed E-state index contributed by atoms with van der Waals surface area (Å²) in [6.07, 6.45) is -1.60. The number of ether oxygens (including phenoxy) is 1. The molecular weight excluding hydrogens is 568 g/mol. The molecule has 2 N–H and O–H groups in total. The second-order valence-electron chi connectivity index (χ2n) is 9.09. The van der Waals surface area contributed by atoms with Gasteiger partial charge in [0.25, 0.3) is 0 Å². The van der Waals surface area contributed by atoms with E-state index in [0.717, 1.165) is 24.2 Å². The Balaban J connectivity index is 0.00000408. The van der Waals surface area contributed by atoms with Crippen molar-refractivity contribution < 1.29 is 14.9 Å². The molecule has 0 unspecified atom stereocenters. The highest BCUT2D eigenvalue weighted by Gasteiger charge is 2.45. The number of aliphatic hydroxyl groups excluding tert-OH is 2. The van der Waals surface area contributed by atoms with Gasteiger partial charge >= 0.3 is 0 Å². The van der Waals surface area contributed by atoms with Crippen molar-refractivity contribution in [1.29, 1.82) is 0 Å². The molecule has 2 aromatic rings. The van der Waals surface area contributed by atoms with Gasteiger partial charge in [0, 0.05) is 42.8 Å². The van der Waals surface area contributed by atoms with Crippen molar-refractivity contribution in [3.05, 3.63) is 69.7 Å². The normalized spacial score (nSPS) is 21.3. The van der Waals surface area contributed by atoms with E-state index in [0.29, 0.717) is 29.7 Å². The Kier molecular flexibility index (Phi) is 17.1. The summed E-state index contributed by atoms with van der Waals surface area (Å²) in [7, 11) is 6.07. The summed E-state index contributed by atoms with van der Waals surface area (Å²) in [6.45, 7) is 3.42. The largest absolute Gasteiger partial charge is 0.394 e. The second-order valence-corrected chi connectivity index (χ2v) is 9.96. The van der Waals surface area contributed by atoms with Crippen LogP contribution in [0.3, 0.4) is 0 Å². The first-order valence-electron chi connectivity index (χ1n) is 11.3. The van der Waals surface area contributed by atoms with Gasteiger partial charge in [0.15, 0.2) is 0 Å². The summed E-state index contributed by atoms with van der Waals surface area (Å²) >= 11 is 12.3. The van der Waals surface area contributed by atoms with E-state index in [1.807, 2.05) is 63.6 Å². The van der Waals surface area contributed by atoms with Crippen LogP contribution < -0.4 is 0 Å². The van der Waals surface area contributed by atoms with E-state index in [2.05, 4.69) is 20.8 Å². The van der Waals surface area contributed by atoms with Crippen molar-refractivity contribution in [2.75, 3.05) is 47.4 Å². The average Bonchev–Trinajstić information content (AvgIpc) is 3.08. The summed E-state index contributed by atoms with van der Waals surface area (Å²) in [5.74, 6) is 0. The lowest BCUT2D eigenvalue weighted by atomic mass is 10.0. The fourth-order valence-electron chi connectivity index (χ4n) is 4.36. The molecule has 1 aliphatic rings. The topological polar surface area (TPSA) is 59.4 Å². The van der Waals surface area contributed by atoms with Gasteiger partial charge in [-0.2, -0.15) is 0 Å². The summed E-state index contributed by atoms with van der Waals surface area (Å²) in [5, 5.41) is 22.1. The standard InChI is InChI=1S/C25H35Cl2N3O3.3ClH/c1-28(2)11-12-29(3)24-22(33-23(17-31)25(24)32)16-30(14-18-7-9-20(26)10-8-18)15-19-5-4-6-21(27)13-19;;;/h4-10,13,22-25,31-32H,11-12,14-17H2,1-3H3;3*1H/t22-,23+,24+,25-;;;/m1.../s1. The lowest BCUT2D eigenvalue weighted by Gasteiger charge is -2.34. The minimum atomic E-state index is -0.754. The molecule has 36 heavy (non-hydrogen) atoms. The van der Waals surface area contributed by atoms with Gasteiger partial charge in [-0.1, -0.05) is 47.5 Å². The van der Waals surface area contributed by atoms with E-state index in [9.17, 15) is 10.2 Å². The van der Waals surface area contributed by atoms with Gasteiger partial charge in [0.05, 0.1) is 18.8 Å².